The molecular formula is C40H33NO2. The minimum absolute atomic E-state index is 0.826. The van der Waals surface area contributed by atoms with Gasteiger partial charge in [0.15, 0.2) is 0 Å². The van der Waals surface area contributed by atoms with Crippen LogP contribution in [0, 0.1) is 0 Å². The summed E-state index contributed by atoms with van der Waals surface area (Å²) in [7, 11) is 3.37. The lowest BCUT2D eigenvalue weighted by Gasteiger charge is -2.26. The van der Waals surface area contributed by atoms with E-state index in [1.807, 2.05) is 24.3 Å². The van der Waals surface area contributed by atoms with Crippen molar-refractivity contribution in [2.45, 2.75) is 0 Å². The zero-order valence-corrected chi connectivity index (χ0v) is 24.4. The predicted octanol–water partition coefficient (Wildman–Crippen LogP) is 10.4. The monoisotopic (exact) mass is 559 g/mol. The summed E-state index contributed by atoms with van der Waals surface area (Å²) in [5.74, 6) is 1.65. The van der Waals surface area contributed by atoms with Gasteiger partial charge >= 0.3 is 0 Å². The van der Waals surface area contributed by atoms with Crippen LogP contribution in [0.3, 0.4) is 0 Å². The lowest BCUT2D eigenvalue weighted by molar-refractivity contribution is 0.415. The van der Waals surface area contributed by atoms with Gasteiger partial charge < -0.3 is 14.4 Å². The first-order valence-corrected chi connectivity index (χ1v) is 14.3. The average molecular weight is 560 g/mol. The summed E-state index contributed by atoms with van der Waals surface area (Å²) in [6, 6.07) is 54.8. The summed E-state index contributed by atoms with van der Waals surface area (Å²) >= 11 is 0. The van der Waals surface area contributed by atoms with E-state index in [0.29, 0.717) is 0 Å². The molecule has 6 aromatic rings. The van der Waals surface area contributed by atoms with Gasteiger partial charge in [0.05, 0.1) is 14.2 Å². The molecule has 6 rings (SSSR count). The molecule has 210 valence electrons. The van der Waals surface area contributed by atoms with Crippen LogP contribution >= 0.6 is 0 Å². The Hall–Kier alpha value is -5.54. The summed E-state index contributed by atoms with van der Waals surface area (Å²) in [4.78, 5) is 2.23. The van der Waals surface area contributed by atoms with Crippen molar-refractivity contribution in [3.63, 3.8) is 0 Å². The van der Waals surface area contributed by atoms with E-state index >= 15 is 0 Å². The van der Waals surface area contributed by atoms with Crippen molar-refractivity contribution in [3.05, 3.63) is 174 Å². The molecule has 0 spiro atoms. The molecule has 0 aliphatic carbocycles. The molecule has 0 aliphatic rings. The predicted molar refractivity (Wildman–Crippen MR) is 180 cm³/mol. The third kappa shape index (κ3) is 6.37. The van der Waals surface area contributed by atoms with Gasteiger partial charge in [-0.1, -0.05) is 97.1 Å². The Bertz CT molecular complexity index is 1690. The molecule has 43 heavy (non-hydrogen) atoms. The Balaban J connectivity index is 1.29. The van der Waals surface area contributed by atoms with Gasteiger partial charge in [0, 0.05) is 17.1 Å². The van der Waals surface area contributed by atoms with E-state index in [1.54, 1.807) is 14.2 Å². The second-order valence-corrected chi connectivity index (χ2v) is 10.2. The molecular weight excluding hydrogens is 526 g/mol. The molecule has 0 saturated heterocycles. The maximum absolute atomic E-state index is 5.39. The fourth-order valence-electron chi connectivity index (χ4n) is 5.22. The van der Waals surface area contributed by atoms with E-state index in [2.05, 4.69) is 144 Å². The van der Waals surface area contributed by atoms with Crippen LogP contribution in [0.1, 0.15) is 16.7 Å². The maximum atomic E-state index is 5.39. The number of rotatable bonds is 9. The van der Waals surface area contributed by atoms with Crippen molar-refractivity contribution in [1.82, 2.24) is 0 Å². The van der Waals surface area contributed by atoms with Gasteiger partial charge in [0.2, 0.25) is 0 Å². The van der Waals surface area contributed by atoms with Crippen molar-refractivity contribution < 1.29 is 9.47 Å². The van der Waals surface area contributed by atoms with Crippen molar-refractivity contribution in [2.75, 3.05) is 19.1 Å². The van der Waals surface area contributed by atoms with Gasteiger partial charge in [0.25, 0.3) is 0 Å². The molecule has 0 atom stereocenters. The van der Waals surface area contributed by atoms with Gasteiger partial charge in [-0.15, -0.1) is 0 Å². The summed E-state index contributed by atoms with van der Waals surface area (Å²) in [5, 5.41) is 0. The molecule has 0 fully saturated rings. The largest absolute Gasteiger partial charge is 0.497 e. The average Bonchev–Trinajstić information content (AvgIpc) is 3.09. The number of nitrogens with zero attached hydrogens (tertiary/aromatic N) is 1. The maximum Gasteiger partial charge on any atom is 0.119 e. The highest BCUT2D eigenvalue weighted by Crippen LogP contribution is 2.37. The van der Waals surface area contributed by atoms with Crippen LogP contribution in [0.5, 0.6) is 11.5 Å². The van der Waals surface area contributed by atoms with Gasteiger partial charge in [0.1, 0.15) is 11.5 Å². The number of anilines is 3. The zero-order valence-electron chi connectivity index (χ0n) is 24.4. The molecule has 0 N–H and O–H groups in total. The highest BCUT2D eigenvalue weighted by Gasteiger charge is 2.13. The van der Waals surface area contributed by atoms with Crippen molar-refractivity contribution >= 4 is 28.7 Å². The minimum Gasteiger partial charge on any atom is -0.497 e. The number of hydrogen-bond donors (Lipinski definition) is 0. The van der Waals surface area contributed by atoms with Crippen LogP contribution in [-0.4, -0.2) is 14.2 Å². The highest BCUT2D eigenvalue weighted by atomic mass is 16.5. The topological polar surface area (TPSA) is 21.7 Å². The van der Waals surface area contributed by atoms with Crippen LogP contribution in [0.4, 0.5) is 17.1 Å². The molecule has 0 radical (unpaired) electrons. The van der Waals surface area contributed by atoms with Gasteiger partial charge in [-0.25, -0.2) is 0 Å². The molecule has 0 aliphatic heterocycles. The summed E-state index contributed by atoms with van der Waals surface area (Å²) < 4.78 is 10.8. The molecule has 6 aromatic carbocycles. The van der Waals surface area contributed by atoms with Gasteiger partial charge in [-0.3, -0.25) is 0 Å². The molecule has 0 amide bonds. The summed E-state index contributed by atoms with van der Waals surface area (Å²) in [5.41, 5.74) is 10.3. The molecule has 3 heteroatoms. The Morgan fingerprint density at radius 1 is 0.442 bits per heavy atom. The quantitative estimate of drug-likeness (QED) is 0.165. The number of methoxy groups -OCH3 is 2. The van der Waals surface area contributed by atoms with Crippen LogP contribution in [0.2, 0.25) is 0 Å². The first kappa shape index (κ1) is 27.6. The first-order valence-electron chi connectivity index (χ1n) is 14.3. The minimum atomic E-state index is 0.826. The Morgan fingerprint density at radius 3 is 1.21 bits per heavy atom. The zero-order chi connectivity index (χ0) is 29.4. The van der Waals surface area contributed by atoms with Crippen LogP contribution in [-0.2, 0) is 0 Å². The van der Waals surface area contributed by atoms with E-state index in [9.17, 15) is 0 Å². The third-order valence-corrected chi connectivity index (χ3v) is 7.51. The van der Waals surface area contributed by atoms with Crippen LogP contribution in [0.25, 0.3) is 22.8 Å². The van der Waals surface area contributed by atoms with Gasteiger partial charge in [-0.2, -0.15) is 0 Å². The molecule has 0 saturated carbocycles. The van der Waals surface area contributed by atoms with Crippen molar-refractivity contribution in [3.8, 4) is 22.6 Å². The van der Waals surface area contributed by atoms with E-state index in [1.165, 1.54) is 22.3 Å². The molecule has 0 unspecified atom stereocenters. The Kier molecular flexibility index (Phi) is 8.33. The third-order valence-electron chi connectivity index (χ3n) is 7.51. The summed E-state index contributed by atoms with van der Waals surface area (Å²) in [6.45, 7) is 0. The van der Waals surface area contributed by atoms with Gasteiger partial charge in [-0.05, 0) is 100 Å². The van der Waals surface area contributed by atoms with E-state index < -0.39 is 0 Å². The fraction of sp³-hybridized carbons (Fsp3) is 0.0500. The lowest BCUT2D eigenvalue weighted by atomic mass is 9.95. The smallest absolute Gasteiger partial charge is 0.119 e. The standard InChI is InChI=1S/C40H33NO2/c1-42-38-25-21-36(22-26-38)41(37-23-27-39(43-2)28-24-37)35-19-17-32(18-20-35)31-15-13-30(14-16-31)29-40(33-9-5-3-6-10-33)34-11-7-4-8-12-34/h3-29H,1-2H3. The molecule has 0 aromatic heterocycles. The van der Waals surface area contributed by atoms with Crippen molar-refractivity contribution in [1.29, 1.82) is 0 Å². The molecule has 3 nitrogen and oxygen atoms in total. The second kappa shape index (κ2) is 13.0. The number of benzene rings is 6. The number of ether oxygens (including phenoxy) is 2. The normalized spacial score (nSPS) is 10.6. The molecule has 0 bridgehead atoms. The summed E-state index contributed by atoms with van der Waals surface area (Å²) in [6.07, 6.45) is 2.26. The fourth-order valence-corrected chi connectivity index (χ4v) is 5.22. The first-order chi connectivity index (χ1) is 21.2. The lowest BCUT2D eigenvalue weighted by Crippen LogP contribution is -2.09. The van der Waals surface area contributed by atoms with E-state index in [4.69, 9.17) is 9.47 Å². The highest BCUT2D eigenvalue weighted by molar-refractivity contribution is 5.91. The second-order valence-electron chi connectivity index (χ2n) is 10.2. The van der Waals surface area contributed by atoms with Crippen molar-refractivity contribution in [2.24, 2.45) is 0 Å². The van der Waals surface area contributed by atoms with Crippen LogP contribution < -0.4 is 14.4 Å². The molecule has 0 heterocycles. The van der Waals surface area contributed by atoms with Crippen LogP contribution in [0.15, 0.2) is 158 Å². The van der Waals surface area contributed by atoms with E-state index in [0.717, 1.165) is 39.7 Å². The Labute approximate surface area is 253 Å². The number of hydrogen-bond acceptors (Lipinski definition) is 3. The SMILES string of the molecule is COc1ccc(N(c2ccc(OC)cc2)c2ccc(-c3ccc(C=C(c4ccccc4)c4ccccc4)cc3)cc2)cc1. The van der Waals surface area contributed by atoms with E-state index in [-0.39, 0.29) is 0 Å². The Morgan fingerprint density at radius 2 is 0.814 bits per heavy atom.